The number of aliphatic hydroxyl groups excluding tert-OH is 3. The second-order valence-corrected chi connectivity index (χ2v) is 15.6. The molecule has 7 nitrogen and oxygen atoms in total. The first-order chi connectivity index (χ1) is 19.8. The summed E-state index contributed by atoms with van der Waals surface area (Å²) in [6, 6.07) is 0. The molecule has 1 aliphatic heterocycles. The number of hydrogen-bond acceptors (Lipinski definition) is 7. The van der Waals surface area contributed by atoms with Crippen molar-refractivity contribution in [3.05, 3.63) is 11.6 Å². The molecule has 42 heavy (non-hydrogen) atoms. The first kappa shape index (κ1) is 32.4. The molecule has 240 valence electrons. The summed E-state index contributed by atoms with van der Waals surface area (Å²) in [4.78, 5) is 11.3. The third-order valence-corrected chi connectivity index (χ3v) is 12.7. The molecule has 7 heteroatoms. The highest BCUT2D eigenvalue weighted by Crippen LogP contribution is 2.67. The van der Waals surface area contributed by atoms with Gasteiger partial charge in [-0.25, -0.2) is 0 Å². The molecule has 0 unspecified atom stereocenters. The van der Waals surface area contributed by atoms with E-state index < -0.39 is 36.7 Å². The van der Waals surface area contributed by atoms with E-state index >= 15 is 0 Å². The lowest BCUT2D eigenvalue weighted by Gasteiger charge is -2.58. The van der Waals surface area contributed by atoms with Crippen LogP contribution in [0.15, 0.2) is 11.6 Å². The number of carbonyl (C=O) groups is 1. The van der Waals surface area contributed by atoms with Crippen molar-refractivity contribution in [2.24, 2.45) is 46.3 Å². The van der Waals surface area contributed by atoms with Crippen LogP contribution in [0.25, 0.3) is 0 Å². The lowest BCUT2D eigenvalue weighted by Crippen LogP contribution is -2.60. The van der Waals surface area contributed by atoms with Gasteiger partial charge in [0, 0.05) is 6.92 Å². The Morgan fingerprint density at radius 2 is 1.76 bits per heavy atom. The van der Waals surface area contributed by atoms with Gasteiger partial charge < -0.3 is 29.5 Å². The average Bonchev–Trinajstić information content (AvgIpc) is 3.29. The molecule has 0 aromatic carbocycles. The minimum absolute atomic E-state index is 0.131. The fourth-order valence-electron chi connectivity index (χ4n) is 10.3. The molecular formula is C35H58O7. The maximum atomic E-state index is 11.3. The highest BCUT2D eigenvalue weighted by molar-refractivity contribution is 5.65. The number of esters is 1. The molecule has 5 aliphatic rings. The predicted molar refractivity (Wildman–Crippen MR) is 161 cm³/mol. The van der Waals surface area contributed by atoms with Crippen LogP contribution in [0.1, 0.15) is 112 Å². The molecular weight excluding hydrogens is 532 g/mol. The summed E-state index contributed by atoms with van der Waals surface area (Å²) in [7, 11) is 0. The second-order valence-electron chi connectivity index (χ2n) is 15.6. The molecule has 13 atom stereocenters. The van der Waals surface area contributed by atoms with Gasteiger partial charge in [-0.15, -0.1) is 0 Å². The minimum Gasteiger partial charge on any atom is -0.463 e. The van der Waals surface area contributed by atoms with Crippen molar-refractivity contribution in [2.45, 2.75) is 149 Å². The van der Waals surface area contributed by atoms with Crippen molar-refractivity contribution >= 4 is 5.97 Å². The zero-order valence-corrected chi connectivity index (χ0v) is 27.0. The molecule has 4 fully saturated rings. The molecule has 1 heterocycles. The molecule has 0 aromatic rings. The van der Waals surface area contributed by atoms with Crippen LogP contribution < -0.4 is 0 Å². The van der Waals surface area contributed by atoms with Gasteiger partial charge in [0.1, 0.15) is 31.0 Å². The third-order valence-electron chi connectivity index (χ3n) is 12.7. The number of allylic oxidation sites excluding steroid dienone is 1. The maximum Gasteiger partial charge on any atom is 0.302 e. The van der Waals surface area contributed by atoms with Crippen LogP contribution in [0.4, 0.5) is 0 Å². The standard InChI is InChI=1S/C35H58O7/c1-20(2)8-7-9-21(3)26-12-13-27-25-11-10-23-18-24(14-16-34(23,5)28(25)15-17-35(26,27)6)41-33-32(39)31(38)30(37)29(42-33)19-40-22(4)36/h10,20-21,24-33,37-39H,7-9,11-19H2,1-6H3/t21-,24+,25+,26-,27+,28+,29-,30-,31+,32-,33+,34+,35-/m1/s1. The van der Waals surface area contributed by atoms with Crippen molar-refractivity contribution in [1.29, 1.82) is 0 Å². The van der Waals surface area contributed by atoms with E-state index in [1.54, 1.807) is 0 Å². The van der Waals surface area contributed by atoms with Gasteiger partial charge in [-0.1, -0.05) is 65.5 Å². The summed E-state index contributed by atoms with van der Waals surface area (Å²) < 4.78 is 17.1. The van der Waals surface area contributed by atoms with Crippen molar-refractivity contribution in [3.63, 3.8) is 0 Å². The Morgan fingerprint density at radius 3 is 2.48 bits per heavy atom. The summed E-state index contributed by atoms with van der Waals surface area (Å²) in [5.74, 6) is 4.29. The summed E-state index contributed by atoms with van der Waals surface area (Å²) in [6.45, 7) is 13.4. The van der Waals surface area contributed by atoms with Crippen molar-refractivity contribution in [1.82, 2.24) is 0 Å². The number of aliphatic hydroxyl groups is 3. The predicted octanol–water partition coefficient (Wildman–Crippen LogP) is 5.78. The first-order valence-corrected chi connectivity index (χ1v) is 17.0. The monoisotopic (exact) mass is 590 g/mol. The van der Waals surface area contributed by atoms with Gasteiger partial charge in [0.2, 0.25) is 0 Å². The summed E-state index contributed by atoms with van der Waals surface area (Å²) >= 11 is 0. The fraction of sp³-hybridized carbons (Fsp3) is 0.914. The van der Waals surface area contributed by atoms with Gasteiger partial charge in [-0.05, 0) is 97.7 Å². The van der Waals surface area contributed by atoms with Crippen molar-refractivity contribution in [2.75, 3.05) is 6.61 Å². The molecule has 3 N–H and O–H groups in total. The molecule has 3 saturated carbocycles. The molecule has 1 saturated heterocycles. The Labute approximate surface area is 253 Å². The van der Waals surface area contributed by atoms with Gasteiger partial charge in [0.25, 0.3) is 0 Å². The molecule has 0 amide bonds. The fourth-order valence-corrected chi connectivity index (χ4v) is 10.3. The van der Waals surface area contributed by atoms with Crippen LogP contribution in [-0.2, 0) is 19.0 Å². The molecule has 4 aliphatic carbocycles. The maximum absolute atomic E-state index is 11.3. The Morgan fingerprint density at radius 1 is 1.00 bits per heavy atom. The molecule has 0 radical (unpaired) electrons. The molecule has 0 bridgehead atoms. The average molecular weight is 591 g/mol. The summed E-state index contributed by atoms with van der Waals surface area (Å²) in [6.07, 6.45) is 9.64. The SMILES string of the molecule is CC(=O)OC[C@H]1O[C@H](O[C@H]2CC[C@@]3(C)C(=CC[C@H]4[C@@H]5CC[C@H]([C@H](C)CCCC(C)C)[C@@]5(C)CC[C@@H]43)C2)[C@H](O)[C@@H](O)[C@@H]1O. The van der Waals surface area contributed by atoms with E-state index in [9.17, 15) is 20.1 Å². The summed E-state index contributed by atoms with van der Waals surface area (Å²) in [5.41, 5.74) is 2.15. The Kier molecular flexibility index (Phi) is 9.86. The normalized spacial score (nSPS) is 45.9. The molecule has 0 aromatic heterocycles. The van der Waals surface area contributed by atoms with E-state index in [1.165, 1.54) is 57.4 Å². The summed E-state index contributed by atoms with van der Waals surface area (Å²) in [5, 5.41) is 31.4. The Bertz CT molecular complexity index is 980. The zero-order chi connectivity index (χ0) is 30.4. The van der Waals surface area contributed by atoms with E-state index in [1.807, 2.05) is 0 Å². The number of rotatable bonds is 9. The lowest BCUT2D eigenvalue weighted by atomic mass is 9.47. The van der Waals surface area contributed by atoms with Crippen LogP contribution in [0, 0.1) is 46.3 Å². The van der Waals surface area contributed by atoms with E-state index in [0.29, 0.717) is 11.3 Å². The highest BCUT2D eigenvalue weighted by Gasteiger charge is 2.59. The Balaban J connectivity index is 1.23. The minimum atomic E-state index is -1.43. The van der Waals surface area contributed by atoms with Gasteiger partial charge in [0.05, 0.1) is 6.10 Å². The van der Waals surface area contributed by atoms with Crippen LogP contribution in [-0.4, -0.2) is 64.7 Å². The van der Waals surface area contributed by atoms with Crippen LogP contribution in [0.3, 0.4) is 0 Å². The van der Waals surface area contributed by atoms with Gasteiger partial charge >= 0.3 is 5.97 Å². The topological polar surface area (TPSA) is 105 Å². The Hall–Kier alpha value is -0.990. The van der Waals surface area contributed by atoms with E-state index in [-0.39, 0.29) is 18.1 Å². The lowest BCUT2D eigenvalue weighted by molar-refractivity contribution is -0.313. The van der Waals surface area contributed by atoms with Gasteiger partial charge in [-0.2, -0.15) is 0 Å². The largest absolute Gasteiger partial charge is 0.463 e. The number of hydrogen-bond donors (Lipinski definition) is 3. The van der Waals surface area contributed by atoms with Crippen LogP contribution in [0.5, 0.6) is 0 Å². The zero-order valence-electron chi connectivity index (χ0n) is 27.0. The van der Waals surface area contributed by atoms with E-state index in [0.717, 1.165) is 55.3 Å². The number of fused-ring (bicyclic) bond motifs is 5. The number of carbonyl (C=O) groups excluding carboxylic acids is 1. The highest BCUT2D eigenvalue weighted by atomic mass is 16.7. The third kappa shape index (κ3) is 6.11. The van der Waals surface area contributed by atoms with Gasteiger partial charge in [0.15, 0.2) is 6.29 Å². The van der Waals surface area contributed by atoms with Crippen LogP contribution >= 0.6 is 0 Å². The van der Waals surface area contributed by atoms with E-state index in [4.69, 9.17) is 14.2 Å². The second kappa shape index (κ2) is 12.8. The molecule has 0 spiro atoms. The van der Waals surface area contributed by atoms with Crippen molar-refractivity contribution < 1.29 is 34.3 Å². The number of ether oxygens (including phenoxy) is 3. The first-order valence-electron chi connectivity index (χ1n) is 17.0. The van der Waals surface area contributed by atoms with Crippen molar-refractivity contribution in [3.8, 4) is 0 Å². The molecule has 5 rings (SSSR count). The van der Waals surface area contributed by atoms with Gasteiger partial charge in [-0.3, -0.25) is 4.79 Å². The quantitative estimate of drug-likeness (QED) is 0.231. The smallest absolute Gasteiger partial charge is 0.302 e. The van der Waals surface area contributed by atoms with E-state index in [2.05, 4.69) is 40.7 Å². The van der Waals surface area contributed by atoms with Crippen LogP contribution in [0.2, 0.25) is 0 Å².